The summed E-state index contributed by atoms with van der Waals surface area (Å²) >= 11 is 0. The van der Waals surface area contributed by atoms with Crippen molar-refractivity contribution in [3.8, 4) is 6.07 Å². The molecule has 0 spiro atoms. The van der Waals surface area contributed by atoms with Crippen LogP contribution in [-0.2, 0) is 35.5 Å². The Kier molecular flexibility index (Phi) is 11.4. The maximum Gasteiger partial charge on any atom is 0.408 e. The number of fused-ring (bicyclic) bond motifs is 1. The van der Waals surface area contributed by atoms with E-state index in [1.165, 1.54) is 44.4 Å². The third-order valence-electron chi connectivity index (χ3n) is 9.31. The van der Waals surface area contributed by atoms with Crippen LogP contribution >= 0.6 is 0 Å². The number of alkyl carbamates (subject to hydrolysis) is 1. The lowest BCUT2D eigenvalue weighted by Crippen LogP contribution is -2.47. The number of rotatable bonds is 11. The monoisotopic (exact) mass is 726 g/mol. The summed E-state index contributed by atoms with van der Waals surface area (Å²) in [7, 11) is -2.23. The molecule has 0 aliphatic carbocycles. The summed E-state index contributed by atoms with van der Waals surface area (Å²) in [5.74, 6) is -3.12. The molecule has 2 amide bonds. The van der Waals surface area contributed by atoms with Crippen molar-refractivity contribution < 1.29 is 37.7 Å². The lowest BCUT2D eigenvalue weighted by Gasteiger charge is -2.37. The molecule has 2 aromatic heterocycles. The number of carbonyl (C=O) groups is 2. The van der Waals surface area contributed by atoms with Crippen molar-refractivity contribution in [1.29, 1.82) is 5.26 Å². The van der Waals surface area contributed by atoms with Crippen molar-refractivity contribution in [3.63, 3.8) is 0 Å². The molecule has 1 aromatic carbocycles. The summed E-state index contributed by atoms with van der Waals surface area (Å²) in [5.41, 5.74) is -0.981. The molecule has 0 unspecified atom stereocenters. The number of halogens is 1. The van der Waals surface area contributed by atoms with E-state index in [2.05, 4.69) is 60.8 Å². The first-order valence-electron chi connectivity index (χ1n) is 17.0. The van der Waals surface area contributed by atoms with Gasteiger partial charge in [0, 0.05) is 12.3 Å². The first kappa shape index (κ1) is 39.8. The van der Waals surface area contributed by atoms with Crippen molar-refractivity contribution in [2.24, 2.45) is 5.92 Å². The summed E-state index contributed by atoms with van der Waals surface area (Å²) in [4.78, 5) is 26.5. The fraction of sp³-hybridized carbons (Fsp3) is 0.583. The minimum absolute atomic E-state index is 0.0258. The molecule has 15 heteroatoms. The van der Waals surface area contributed by atoms with Crippen LogP contribution in [0.15, 0.2) is 42.7 Å². The van der Waals surface area contributed by atoms with Gasteiger partial charge in [0.15, 0.2) is 25.5 Å². The predicted octanol–water partition coefficient (Wildman–Crippen LogP) is 5.83. The zero-order valence-electron chi connectivity index (χ0n) is 31.3. The number of amides is 2. The molecular formula is C36H51FN6O7Si. The number of anilines is 1. The second-order valence-corrected chi connectivity index (χ2v) is 20.9. The molecule has 0 radical (unpaired) electrons. The lowest BCUT2D eigenvalue weighted by molar-refractivity contribution is -0.222. The van der Waals surface area contributed by atoms with Crippen LogP contribution in [0.1, 0.15) is 73.6 Å². The molecule has 51 heavy (non-hydrogen) atoms. The third kappa shape index (κ3) is 9.30. The van der Waals surface area contributed by atoms with Crippen LogP contribution in [-0.4, -0.2) is 76.3 Å². The van der Waals surface area contributed by atoms with E-state index < -0.39 is 67.3 Å². The molecule has 278 valence electrons. The zero-order chi connectivity index (χ0) is 38.2. The molecule has 1 fully saturated rings. The second-order valence-electron chi connectivity index (χ2n) is 16.1. The van der Waals surface area contributed by atoms with Crippen molar-refractivity contribution in [1.82, 2.24) is 19.9 Å². The number of hydrogen-bond acceptors (Lipinski definition) is 10. The molecule has 1 aliphatic rings. The number of aliphatic hydroxyl groups is 1. The van der Waals surface area contributed by atoms with Gasteiger partial charge in [-0.3, -0.25) is 9.20 Å². The highest BCUT2D eigenvalue weighted by Gasteiger charge is 2.58. The van der Waals surface area contributed by atoms with Gasteiger partial charge < -0.3 is 34.4 Å². The van der Waals surface area contributed by atoms with Gasteiger partial charge in [0.05, 0.1) is 23.9 Å². The molecule has 13 nitrogen and oxygen atoms in total. The predicted molar refractivity (Wildman–Crippen MR) is 191 cm³/mol. The van der Waals surface area contributed by atoms with Gasteiger partial charge in [-0.15, -0.1) is 10.2 Å². The van der Waals surface area contributed by atoms with E-state index in [1.807, 2.05) is 6.92 Å². The minimum atomic E-state index is -2.23. The van der Waals surface area contributed by atoms with E-state index in [4.69, 9.17) is 18.6 Å². The van der Waals surface area contributed by atoms with E-state index in [-0.39, 0.29) is 23.9 Å². The quantitative estimate of drug-likeness (QED) is 0.161. The van der Waals surface area contributed by atoms with Gasteiger partial charge in [-0.1, -0.05) is 39.8 Å². The average molecular weight is 727 g/mol. The van der Waals surface area contributed by atoms with E-state index in [0.717, 1.165) is 0 Å². The van der Waals surface area contributed by atoms with Crippen LogP contribution in [0.5, 0.6) is 0 Å². The summed E-state index contributed by atoms with van der Waals surface area (Å²) in [6.45, 7) is 20.8. The summed E-state index contributed by atoms with van der Waals surface area (Å²) in [5, 5.41) is 35.0. The van der Waals surface area contributed by atoms with Crippen LogP contribution in [0, 0.1) is 23.1 Å². The van der Waals surface area contributed by atoms with Gasteiger partial charge in [-0.2, -0.15) is 5.26 Å². The second kappa shape index (κ2) is 14.6. The highest BCUT2D eigenvalue weighted by molar-refractivity contribution is 6.74. The Labute approximate surface area is 300 Å². The number of ether oxygens (including phenoxy) is 3. The average Bonchev–Trinajstić information content (AvgIpc) is 3.55. The Bertz CT molecular complexity index is 1760. The first-order valence-corrected chi connectivity index (χ1v) is 19.9. The number of carbonyl (C=O) groups excluding carboxylic acids is 2. The number of aromatic nitrogens is 3. The standard InChI is InChI=1S/C36H51FN6O7Si/c1-22-29(49-35(8,9)46)27(19-47-51(10,11)34(5,6)7)48-36(22,20-38)28-17-16-26-30(42-39-21-43(26)28)41-31(44)25(40-32(45)50-33(2,3)4)18-23-12-14-24(37)15-13-23/h12-17,21-22,25,27,29,46H,18-19H2,1-11H3,(H,40,45)(H,41,42,44)/t22-,25+,27-,29+,36-/m1/s1. The van der Waals surface area contributed by atoms with Crippen LogP contribution in [0.3, 0.4) is 0 Å². The molecular weight excluding hydrogens is 676 g/mol. The van der Waals surface area contributed by atoms with Crippen LogP contribution in [0.4, 0.5) is 15.0 Å². The Morgan fingerprint density at radius 2 is 1.76 bits per heavy atom. The first-order chi connectivity index (χ1) is 23.5. The van der Waals surface area contributed by atoms with Crippen LogP contribution < -0.4 is 10.6 Å². The molecule has 1 saturated heterocycles. The normalized spacial score (nSPS) is 22.0. The zero-order valence-corrected chi connectivity index (χ0v) is 32.3. The SMILES string of the molecule is C[C@@H]1[C@H](OC(C)(C)O)[C@@H](CO[Si](C)(C)C(C)(C)C)O[C@@]1(C#N)c1ccc2c(NC(=O)[C@H](Cc3ccc(F)cc3)NC(=O)OC(C)(C)C)nncn12. The van der Waals surface area contributed by atoms with Gasteiger partial charge >= 0.3 is 6.09 Å². The maximum atomic E-state index is 13.7. The van der Waals surface area contributed by atoms with Gasteiger partial charge in [-0.25, -0.2) is 9.18 Å². The number of nitrogens with zero attached hydrogens (tertiary/aromatic N) is 4. The smallest absolute Gasteiger partial charge is 0.408 e. The van der Waals surface area contributed by atoms with Crippen molar-refractivity contribution in [2.75, 3.05) is 11.9 Å². The van der Waals surface area contributed by atoms with Crippen LogP contribution in [0.25, 0.3) is 5.52 Å². The Balaban J connectivity index is 1.68. The van der Waals surface area contributed by atoms with E-state index in [9.17, 15) is 24.3 Å². The fourth-order valence-corrected chi connectivity index (χ4v) is 6.67. The number of hydrogen-bond donors (Lipinski definition) is 3. The molecule has 1 aliphatic heterocycles. The Morgan fingerprint density at radius 3 is 2.33 bits per heavy atom. The van der Waals surface area contributed by atoms with Gasteiger partial charge in [0.2, 0.25) is 5.91 Å². The summed E-state index contributed by atoms with van der Waals surface area (Å²) < 4.78 is 39.8. The number of benzene rings is 1. The molecule has 0 bridgehead atoms. The molecule has 3 heterocycles. The lowest BCUT2D eigenvalue weighted by atomic mass is 9.84. The van der Waals surface area contributed by atoms with Crippen molar-refractivity contribution in [2.45, 2.75) is 122 Å². The van der Waals surface area contributed by atoms with Crippen molar-refractivity contribution >= 4 is 31.7 Å². The third-order valence-corrected chi connectivity index (χ3v) is 13.8. The molecule has 3 aromatic rings. The highest BCUT2D eigenvalue weighted by atomic mass is 28.4. The fourth-order valence-electron chi connectivity index (χ4n) is 5.66. The maximum absolute atomic E-state index is 13.7. The molecule has 0 saturated carbocycles. The van der Waals surface area contributed by atoms with Gasteiger partial charge in [0.25, 0.3) is 0 Å². The number of nitriles is 1. The topological polar surface area (TPSA) is 169 Å². The van der Waals surface area contributed by atoms with E-state index in [1.54, 1.807) is 37.3 Å². The van der Waals surface area contributed by atoms with Crippen molar-refractivity contribution in [3.05, 3.63) is 59.8 Å². The molecule has 5 atom stereocenters. The Morgan fingerprint density at radius 1 is 1.12 bits per heavy atom. The Hall–Kier alpha value is -3.94. The molecule has 4 rings (SSSR count). The highest BCUT2D eigenvalue weighted by Crippen LogP contribution is 2.47. The van der Waals surface area contributed by atoms with E-state index >= 15 is 0 Å². The van der Waals surface area contributed by atoms with E-state index in [0.29, 0.717) is 16.8 Å². The largest absolute Gasteiger partial charge is 0.444 e. The number of nitrogens with one attached hydrogen (secondary N) is 2. The summed E-state index contributed by atoms with van der Waals surface area (Å²) in [6, 6.07) is 10.2. The molecule has 3 N–H and O–H groups in total. The minimum Gasteiger partial charge on any atom is -0.444 e. The van der Waals surface area contributed by atoms with Crippen LogP contribution in [0.2, 0.25) is 18.1 Å². The van der Waals surface area contributed by atoms with Gasteiger partial charge in [-0.05, 0) is 82.6 Å². The summed E-state index contributed by atoms with van der Waals surface area (Å²) in [6.07, 6.45) is -0.795. The van der Waals surface area contributed by atoms with Gasteiger partial charge in [0.1, 0.15) is 36.0 Å².